The van der Waals surface area contributed by atoms with Crippen LogP contribution in [0.3, 0.4) is 0 Å². The Kier molecular flexibility index (Phi) is 5.26. The van der Waals surface area contributed by atoms with Gasteiger partial charge in [0.1, 0.15) is 5.54 Å². The van der Waals surface area contributed by atoms with E-state index in [4.69, 9.17) is 4.74 Å². The van der Waals surface area contributed by atoms with E-state index < -0.39 is 5.54 Å². The molecule has 1 aliphatic rings. The second-order valence-electron chi connectivity index (χ2n) is 4.77. The van der Waals surface area contributed by atoms with Gasteiger partial charge in [-0.1, -0.05) is 26.7 Å². The molecule has 0 bridgehead atoms. The molecule has 0 heterocycles. The van der Waals surface area contributed by atoms with E-state index in [-0.39, 0.29) is 5.97 Å². The Balaban J connectivity index is 2.76. The van der Waals surface area contributed by atoms with E-state index in [2.05, 4.69) is 19.2 Å². The van der Waals surface area contributed by atoms with Gasteiger partial charge in [-0.15, -0.1) is 0 Å². The molecular formula is C13H25NO2. The van der Waals surface area contributed by atoms with Crippen LogP contribution in [-0.4, -0.2) is 24.7 Å². The molecule has 0 saturated heterocycles. The molecule has 0 radical (unpaired) electrons. The van der Waals surface area contributed by atoms with E-state index in [9.17, 15) is 4.79 Å². The average Bonchev–Trinajstić information content (AvgIpc) is 2.28. The van der Waals surface area contributed by atoms with E-state index in [0.717, 1.165) is 32.2 Å². The van der Waals surface area contributed by atoms with Gasteiger partial charge >= 0.3 is 5.97 Å². The number of hydrogen-bond acceptors (Lipinski definition) is 3. The summed E-state index contributed by atoms with van der Waals surface area (Å²) in [6.07, 6.45) is 5.45. The minimum atomic E-state index is -0.412. The van der Waals surface area contributed by atoms with Gasteiger partial charge in [0.05, 0.1) is 6.61 Å². The van der Waals surface area contributed by atoms with Crippen LogP contribution >= 0.6 is 0 Å². The highest BCUT2D eigenvalue weighted by molar-refractivity contribution is 5.81. The number of nitrogens with one attached hydrogen (secondary N) is 1. The summed E-state index contributed by atoms with van der Waals surface area (Å²) in [4.78, 5) is 12.2. The molecule has 1 aliphatic carbocycles. The highest BCUT2D eigenvalue weighted by Gasteiger charge is 2.45. The van der Waals surface area contributed by atoms with Gasteiger partial charge in [0.25, 0.3) is 0 Å². The lowest BCUT2D eigenvalue weighted by Gasteiger charge is -2.41. The first-order valence-corrected chi connectivity index (χ1v) is 6.59. The van der Waals surface area contributed by atoms with Crippen LogP contribution in [0.4, 0.5) is 0 Å². The van der Waals surface area contributed by atoms with Crippen molar-refractivity contribution in [3.8, 4) is 0 Å². The lowest BCUT2D eigenvalue weighted by atomic mass is 9.73. The van der Waals surface area contributed by atoms with E-state index in [1.54, 1.807) is 0 Å². The minimum absolute atomic E-state index is 0.0457. The predicted octanol–water partition coefficient (Wildman–Crippen LogP) is 2.50. The van der Waals surface area contributed by atoms with Crippen LogP contribution in [0, 0.1) is 5.92 Å². The first-order chi connectivity index (χ1) is 7.67. The van der Waals surface area contributed by atoms with E-state index >= 15 is 0 Å². The summed E-state index contributed by atoms with van der Waals surface area (Å²) in [6, 6.07) is 0. The third-order valence-corrected chi connectivity index (χ3v) is 3.63. The van der Waals surface area contributed by atoms with Crippen molar-refractivity contribution in [3.63, 3.8) is 0 Å². The van der Waals surface area contributed by atoms with Gasteiger partial charge in [0.15, 0.2) is 0 Å². The molecule has 0 aromatic heterocycles. The van der Waals surface area contributed by atoms with Crippen LogP contribution in [0.1, 0.15) is 52.9 Å². The van der Waals surface area contributed by atoms with Crippen LogP contribution in [0.25, 0.3) is 0 Å². The highest BCUT2D eigenvalue weighted by Crippen LogP contribution is 2.34. The molecule has 3 heteroatoms. The number of hydrogen-bond donors (Lipinski definition) is 1. The normalized spacial score (nSPS) is 30.1. The quantitative estimate of drug-likeness (QED) is 0.733. The maximum atomic E-state index is 12.2. The molecule has 0 spiro atoms. The second kappa shape index (κ2) is 6.24. The summed E-state index contributed by atoms with van der Waals surface area (Å²) < 4.78 is 5.25. The zero-order valence-electron chi connectivity index (χ0n) is 10.8. The third-order valence-electron chi connectivity index (χ3n) is 3.63. The van der Waals surface area contributed by atoms with Crippen LogP contribution in [0.15, 0.2) is 0 Å². The van der Waals surface area contributed by atoms with Gasteiger partial charge in [-0.05, 0) is 38.6 Å². The van der Waals surface area contributed by atoms with Crippen molar-refractivity contribution < 1.29 is 9.53 Å². The fourth-order valence-electron chi connectivity index (χ4n) is 2.59. The molecule has 0 aromatic rings. The Morgan fingerprint density at radius 1 is 1.44 bits per heavy atom. The molecule has 1 rings (SSSR count). The standard InChI is InChI=1S/C13H25NO2/c1-4-10-14-13(12(15)16-5-2)9-7-6-8-11(13)3/h11,14H,4-10H2,1-3H3. The smallest absolute Gasteiger partial charge is 0.326 e. The SMILES string of the molecule is CCCNC1(C(=O)OCC)CCCCC1C. The second-order valence-corrected chi connectivity index (χ2v) is 4.77. The molecule has 1 fully saturated rings. The molecule has 0 amide bonds. The van der Waals surface area contributed by atoms with Crippen LogP contribution in [-0.2, 0) is 9.53 Å². The van der Waals surface area contributed by atoms with Gasteiger partial charge in [-0.2, -0.15) is 0 Å². The summed E-state index contributed by atoms with van der Waals surface area (Å²) in [5, 5.41) is 3.44. The lowest BCUT2D eigenvalue weighted by Crippen LogP contribution is -2.59. The largest absolute Gasteiger partial charge is 0.465 e. The Bertz CT molecular complexity index is 230. The highest BCUT2D eigenvalue weighted by atomic mass is 16.5. The molecule has 2 atom stereocenters. The molecular weight excluding hydrogens is 202 g/mol. The zero-order valence-corrected chi connectivity index (χ0v) is 10.8. The summed E-state index contributed by atoms with van der Waals surface area (Å²) in [5.74, 6) is 0.336. The summed E-state index contributed by atoms with van der Waals surface area (Å²) in [7, 11) is 0. The first-order valence-electron chi connectivity index (χ1n) is 6.59. The van der Waals surface area contributed by atoms with Crippen LogP contribution in [0.5, 0.6) is 0 Å². The van der Waals surface area contributed by atoms with Crippen molar-refractivity contribution >= 4 is 5.97 Å². The van der Waals surface area contributed by atoms with Gasteiger partial charge in [0.2, 0.25) is 0 Å². The number of ether oxygens (including phenoxy) is 1. The molecule has 0 aromatic carbocycles. The molecule has 3 nitrogen and oxygen atoms in total. The predicted molar refractivity (Wildman–Crippen MR) is 65.3 cm³/mol. The van der Waals surface area contributed by atoms with Crippen molar-refractivity contribution in [2.45, 2.75) is 58.4 Å². The van der Waals surface area contributed by atoms with Crippen molar-refractivity contribution in [3.05, 3.63) is 0 Å². The molecule has 0 aliphatic heterocycles. The Hall–Kier alpha value is -0.570. The number of carbonyl (C=O) groups is 1. The Morgan fingerprint density at radius 2 is 2.19 bits per heavy atom. The van der Waals surface area contributed by atoms with Crippen LogP contribution < -0.4 is 5.32 Å². The molecule has 94 valence electrons. The summed E-state index contributed by atoms with van der Waals surface area (Å²) in [5.41, 5.74) is -0.412. The number of carbonyl (C=O) groups excluding carboxylic acids is 1. The van der Waals surface area contributed by atoms with Crippen LogP contribution in [0.2, 0.25) is 0 Å². The van der Waals surface area contributed by atoms with Gasteiger partial charge in [0, 0.05) is 0 Å². The van der Waals surface area contributed by atoms with Gasteiger partial charge in [-0.25, -0.2) is 0 Å². The first kappa shape index (κ1) is 13.5. The lowest BCUT2D eigenvalue weighted by molar-refractivity contribution is -0.155. The van der Waals surface area contributed by atoms with E-state index in [1.165, 1.54) is 6.42 Å². The van der Waals surface area contributed by atoms with Crippen molar-refractivity contribution in [1.82, 2.24) is 5.32 Å². The fraction of sp³-hybridized carbons (Fsp3) is 0.923. The number of esters is 1. The Labute approximate surface area is 98.9 Å². The number of rotatable bonds is 5. The summed E-state index contributed by atoms with van der Waals surface area (Å²) in [6.45, 7) is 7.53. The maximum absolute atomic E-state index is 12.2. The fourth-order valence-corrected chi connectivity index (χ4v) is 2.59. The molecule has 16 heavy (non-hydrogen) atoms. The molecule has 2 unspecified atom stereocenters. The Morgan fingerprint density at radius 3 is 2.75 bits per heavy atom. The topological polar surface area (TPSA) is 38.3 Å². The minimum Gasteiger partial charge on any atom is -0.465 e. The van der Waals surface area contributed by atoms with Crippen molar-refractivity contribution in [1.29, 1.82) is 0 Å². The molecule has 1 saturated carbocycles. The molecule has 1 N–H and O–H groups in total. The monoisotopic (exact) mass is 227 g/mol. The summed E-state index contributed by atoms with van der Waals surface area (Å²) >= 11 is 0. The van der Waals surface area contributed by atoms with Gasteiger partial charge in [-0.3, -0.25) is 4.79 Å². The van der Waals surface area contributed by atoms with E-state index in [1.807, 2.05) is 6.92 Å². The van der Waals surface area contributed by atoms with E-state index in [0.29, 0.717) is 12.5 Å². The zero-order chi connectivity index (χ0) is 12.0. The van der Waals surface area contributed by atoms with Crippen molar-refractivity contribution in [2.24, 2.45) is 5.92 Å². The third kappa shape index (κ3) is 2.76. The maximum Gasteiger partial charge on any atom is 0.326 e. The van der Waals surface area contributed by atoms with Crippen molar-refractivity contribution in [2.75, 3.05) is 13.2 Å². The van der Waals surface area contributed by atoms with Gasteiger partial charge < -0.3 is 10.1 Å². The average molecular weight is 227 g/mol.